The number of carbonyl (C=O) groups excluding carboxylic acids is 1. The lowest BCUT2D eigenvalue weighted by atomic mass is 9.83. The van der Waals surface area contributed by atoms with Crippen molar-refractivity contribution in [2.75, 3.05) is 5.32 Å². The molecule has 2 saturated carbocycles. The average molecular weight is 432 g/mol. The highest BCUT2D eigenvalue weighted by atomic mass is 19.4. The van der Waals surface area contributed by atoms with E-state index in [0.717, 1.165) is 31.0 Å². The number of hydrogen-bond acceptors (Lipinski definition) is 3. The van der Waals surface area contributed by atoms with Gasteiger partial charge in [0.05, 0.1) is 17.2 Å². The van der Waals surface area contributed by atoms with E-state index < -0.39 is 29.3 Å². The first-order valence-corrected chi connectivity index (χ1v) is 10.3. The number of nitrogens with zero attached hydrogens (tertiary/aromatic N) is 3. The number of aromatic nitrogens is 3. The molecule has 0 bridgehead atoms. The number of pyridine rings is 1. The number of halogens is 4. The summed E-state index contributed by atoms with van der Waals surface area (Å²) in [5.74, 6) is -1.63. The van der Waals surface area contributed by atoms with Gasteiger partial charge in [-0.25, -0.2) is 9.37 Å². The van der Waals surface area contributed by atoms with Crippen LogP contribution in [0, 0.1) is 11.2 Å². The Morgan fingerprint density at radius 2 is 1.87 bits per heavy atom. The number of benzene rings is 1. The minimum Gasteiger partial charge on any atom is -0.318 e. The van der Waals surface area contributed by atoms with Crippen molar-refractivity contribution in [1.82, 2.24) is 14.8 Å². The van der Waals surface area contributed by atoms with Crippen molar-refractivity contribution >= 4 is 22.5 Å². The van der Waals surface area contributed by atoms with Gasteiger partial charge in [0, 0.05) is 17.6 Å². The molecule has 1 N–H and O–H groups in total. The van der Waals surface area contributed by atoms with Crippen LogP contribution in [0.15, 0.2) is 36.5 Å². The van der Waals surface area contributed by atoms with Gasteiger partial charge < -0.3 is 5.32 Å². The largest absolute Gasteiger partial charge is 0.433 e. The zero-order valence-corrected chi connectivity index (χ0v) is 16.5. The Bertz CT molecular complexity index is 1160. The first-order chi connectivity index (χ1) is 14.7. The van der Waals surface area contributed by atoms with Gasteiger partial charge in [0.15, 0.2) is 0 Å². The highest BCUT2D eigenvalue weighted by molar-refractivity contribution is 6.03. The lowest BCUT2D eigenvalue weighted by Gasteiger charge is -2.28. The number of hydrogen-bond donors (Lipinski definition) is 1. The van der Waals surface area contributed by atoms with Crippen LogP contribution in [0.4, 0.5) is 23.2 Å². The summed E-state index contributed by atoms with van der Waals surface area (Å²) in [5.41, 5.74) is -0.723. The van der Waals surface area contributed by atoms with Gasteiger partial charge in [-0.1, -0.05) is 6.07 Å². The van der Waals surface area contributed by atoms with Gasteiger partial charge in [-0.2, -0.15) is 18.3 Å². The Labute approximate surface area is 175 Å². The third kappa shape index (κ3) is 3.88. The Balaban J connectivity index is 1.36. The van der Waals surface area contributed by atoms with E-state index in [1.165, 1.54) is 37.8 Å². The van der Waals surface area contributed by atoms with Gasteiger partial charge in [-0.05, 0) is 62.1 Å². The highest BCUT2D eigenvalue weighted by Crippen LogP contribution is 2.57. The molecule has 3 aromatic rings. The lowest BCUT2D eigenvalue weighted by molar-refractivity contribution is -0.141. The number of fused-ring (bicyclic) bond motifs is 1. The molecule has 1 amide bonds. The Kier molecular flexibility index (Phi) is 4.53. The third-order valence-electron chi connectivity index (χ3n) is 6.48. The van der Waals surface area contributed by atoms with Crippen LogP contribution in [-0.2, 0) is 6.18 Å². The summed E-state index contributed by atoms with van der Waals surface area (Å²) in [4.78, 5) is 15.7. The SMILES string of the molecule is O=C(Nc1cc2cn(C3CCC4(CC3)CC4)nc2cc1F)c1cccc(C(F)(F)F)n1. The molecule has 2 aliphatic carbocycles. The quantitative estimate of drug-likeness (QED) is 0.537. The van der Waals surface area contributed by atoms with Crippen LogP contribution < -0.4 is 5.32 Å². The van der Waals surface area contributed by atoms with E-state index in [0.29, 0.717) is 16.3 Å². The van der Waals surface area contributed by atoms with Crippen molar-refractivity contribution in [3.8, 4) is 0 Å². The molecule has 5 rings (SSSR count). The van der Waals surface area contributed by atoms with Crippen LogP contribution in [0.25, 0.3) is 10.9 Å². The molecule has 9 heteroatoms. The molecule has 1 spiro atoms. The molecule has 0 saturated heterocycles. The van der Waals surface area contributed by atoms with Crippen LogP contribution in [0.1, 0.15) is 60.7 Å². The summed E-state index contributed by atoms with van der Waals surface area (Å²) < 4.78 is 54.9. The maximum absolute atomic E-state index is 14.6. The molecule has 162 valence electrons. The van der Waals surface area contributed by atoms with Crippen LogP contribution in [0.3, 0.4) is 0 Å². The summed E-state index contributed by atoms with van der Waals surface area (Å²) >= 11 is 0. The minimum absolute atomic E-state index is 0.128. The van der Waals surface area contributed by atoms with Crippen molar-refractivity contribution in [1.29, 1.82) is 0 Å². The zero-order chi connectivity index (χ0) is 21.8. The lowest BCUT2D eigenvalue weighted by Crippen LogP contribution is -2.19. The van der Waals surface area contributed by atoms with Gasteiger partial charge in [0.2, 0.25) is 0 Å². The maximum Gasteiger partial charge on any atom is 0.433 e. The van der Waals surface area contributed by atoms with E-state index in [1.54, 1.807) is 0 Å². The van der Waals surface area contributed by atoms with Crippen LogP contribution >= 0.6 is 0 Å². The second kappa shape index (κ2) is 7.03. The van der Waals surface area contributed by atoms with E-state index >= 15 is 0 Å². The number of carbonyl (C=O) groups is 1. The van der Waals surface area contributed by atoms with E-state index in [9.17, 15) is 22.4 Å². The van der Waals surface area contributed by atoms with Crippen molar-refractivity contribution in [3.63, 3.8) is 0 Å². The second-order valence-electron chi connectivity index (χ2n) is 8.59. The third-order valence-corrected chi connectivity index (χ3v) is 6.48. The molecule has 0 atom stereocenters. The smallest absolute Gasteiger partial charge is 0.318 e. The molecule has 2 heterocycles. The van der Waals surface area contributed by atoms with E-state index in [-0.39, 0.29) is 11.7 Å². The minimum atomic E-state index is -4.67. The fourth-order valence-corrected chi connectivity index (χ4v) is 4.41. The normalized spacial score (nSPS) is 18.5. The standard InChI is InChI=1S/C22H20F4N4O/c23-15-11-17-13(12-30(29-17)14-4-6-21(7-5-14)8-9-21)10-18(15)28-20(31)16-2-1-3-19(27-16)22(24,25)26/h1-3,10-12,14H,4-9H2,(H,28,31). The average Bonchev–Trinajstić information content (AvgIpc) is 3.36. The molecular weight excluding hydrogens is 412 g/mol. The number of nitrogens with one attached hydrogen (secondary N) is 1. The van der Waals surface area contributed by atoms with Gasteiger partial charge in [-0.15, -0.1) is 0 Å². The molecule has 0 radical (unpaired) electrons. The number of anilines is 1. The summed E-state index contributed by atoms with van der Waals surface area (Å²) in [6.07, 6.45) is 4.26. The summed E-state index contributed by atoms with van der Waals surface area (Å²) in [7, 11) is 0. The molecule has 2 aliphatic rings. The predicted molar refractivity (Wildman–Crippen MR) is 106 cm³/mol. The fourth-order valence-electron chi connectivity index (χ4n) is 4.41. The van der Waals surface area contributed by atoms with Crippen LogP contribution in [-0.4, -0.2) is 20.7 Å². The first kappa shape index (κ1) is 20.0. The molecular formula is C22H20F4N4O. The molecule has 0 unspecified atom stereocenters. The Morgan fingerprint density at radius 1 is 1.13 bits per heavy atom. The van der Waals surface area contributed by atoms with Crippen molar-refractivity contribution in [2.24, 2.45) is 5.41 Å². The van der Waals surface area contributed by atoms with Crippen molar-refractivity contribution in [2.45, 2.75) is 50.7 Å². The molecule has 0 aliphatic heterocycles. The summed E-state index contributed by atoms with van der Waals surface area (Å²) in [6, 6.07) is 5.96. The topological polar surface area (TPSA) is 59.8 Å². The maximum atomic E-state index is 14.6. The Morgan fingerprint density at radius 3 is 2.55 bits per heavy atom. The molecule has 2 aromatic heterocycles. The molecule has 2 fully saturated rings. The van der Waals surface area contributed by atoms with Gasteiger partial charge in [-0.3, -0.25) is 9.48 Å². The predicted octanol–water partition coefficient (Wildman–Crippen LogP) is 5.74. The highest BCUT2D eigenvalue weighted by Gasteiger charge is 2.45. The molecule has 1 aromatic carbocycles. The van der Waals surface area contributed by atoms with Gasteiger partial charge in [0.1, 0.15) is 17.2 Å². The Hall–Kier alpha value is -2.97. The summed E-state index contributed by atoms with van der Waals surface area (Å²) in [6.45, 7) is 0. The number of amides is 1. The summed E-state index contributed by atoms with van der Waals surface area (Å²) in [5, 5.41) is 7.49. The number of rotatable bonds is 3. The van der Waals surface area contributed by atoms with Gasteiger partial charge in [0.25, 0.3) is 5.91 Å². The molecule has 5 nitrogen and oxygen atoms in total. The van der Waals surface area contributed by atoms with Crippen molar-refractivity contribution < 1.29 is 22.4 Å². The van der Waals surface area contributed by atoms with Gasteiger partial charge >= 0.3 is 6.18 Å². The zero-order valence-electron chi connectivity index (χ0n) is 16.5. The van der Waals surface area contributed by atoms with Crippen molar-refractivity contribution in [3.05, 3.63) is 53.7 Å². The van der Waals surface area contributed by atoms with E-state index in [4.69, 9.17) is 0 Å². The number of alkyl halides is 3. The first-order valence-electron chi connectivity index (χ1n) is 10.3. The van der Waals surface area contributed by atoms with E-state index in [1.807, 2.05) is 10.9 Å². The van der Waals surface area contributed by atoms with Crippen LogP contribution in [0.2, 0.25) is 0 Å². The van der Waals surface area contributed by atoms with E-state index in [2.05, 4.69) is 15.4 Å². The second-order valence-corrected chi connectivity index (χ2v) is 8.59. The molecule has 31 heavy (non-hydrogen) atoms. The monoisotopic (exact) mass is 432 g/mol. The van der Waals surface area contributed by atoms with Crippen LogP contribution in [0.5, 0.6) is 0 Å². The fraction of sp³-hybridized carbons (Fsp3) is 0.409.